The Hall–Kier alpha value is -2.94. The van der Waals surface area contributed by atoms with Gasteiger partial charge in [0.2, 0.25) is 0 Å². The summed E-state index contributed by atoms with van der Waals surface area (Å²) in [4.78, 5) is 25.7. The van der Waals surface area contributed by atoms with Crippen LogP contribution in [0.15, 0.2) is 48.5 Å². The van der Waals surface area contributed by atoms with Crippen molar-refractivity contribution >= 4 is 28.0 Å². The summed E-state index contributed by atoms with van der Waals surface area (Å²) >= 11 is 0. The average Bonchev–Trinajstić information content (AvgIpc) is 2.67. The molecule has 3 aromatic rings. The molecular weight excluding hydrogens is 286 g/mol. The van der Waals surface area contributed by atoms with E-state index in [1.54, 1.807) is 12.1 Å². The summed E-state index contributed by atoms with van der Waals surface area (Å²) in [7, 11) is 0. The Bertz CT molecular complexity index is 1000. The summed E-state index contributed by atoms with van der Waals surface area (Å²) in [5.41, 5.74) is 10.1. The lowest BCUT2D eigenvalue weighted by molar-refractivity contribution is 0.0985. The van der Waals surface area contributed by atoms with Gasteiger partial charge in [0.15, 0.2) is 11.6 Å². The topological polar surface area (TPSA) is 60.2 Å². The molecule has 0 saturated heterocycles. The number of nitrogen functional groups attached to an aromatic ring is 1. The van der Waals surface area contributed by atoms with Crippen LogP contribution in [0, 0.1) is 6.92 Å². The molecule has 0 bridgehead atoms. The molecule has 4 rings (SSSR count). The van der Waals surface area contributed by atoms with Crippen LogP contribution in [0.2, 0.25) is 0 Å². The number of nitrogens with two attached hydrogens (primary N) is 1. The molecule has 1 aliphatic carbocycles. The highest BCUT2D eigenvalue weighted by atomic mass is 16.1. The smallest absolute Gasteiger partial charge is 0.194 e. The molecule has 3 aromatic carbocycles. The molecule has 3 heteroatoms. The average molecular weight is 301 g/mol. The van der Waals surface area contributed by atoms with E-state index in [1.165, 1.54) is 0 Å². The molecule has 2 N–H and O–H groups in total. The Morgan fingerprint density at radius 3 is 2.43 bits per heavy atom. The number of rotatable bonds is 0. The fourth-order valence-corrected chi connectivity index (χ4v) is 3.31. The summed E-state index contributed by atoms with van der Waals surface area (Å²) in [5.74, 6) is -0.130. The third-order valence-corrected chi connectivity index (χ3v) is 4.60. The fraction of sp³-hybridized carbons (Fsp3) is 0.100. The Balaban J connectivity index is 2.13. The predicted molar refractivity (Wildman–Crippen MR) is 91.0 cm³/mol. The number of carbonyl (C=O) groups excluding carboxylic acids is 2. The summed E-state index contributed by atoms with van der Waals surface area (Å²) < 4.78 is 0. The summed E-state index contributed by atoms with van der Waals surface area (Å²) in [5, 5.41) is 1.57. The lowest BCUT2D eigenvalue weighted by atomic mass is 9.91. The molecule has 0 saturated carbocycles. The maximum atomic E-state index is 13.1. The van der Waals surface area contributed by atoms with Crippen molar-refractivity contribution in [3.05, 3.63) is 76.3 Å². The van der Waals surface area contributed by atoms with Crippen LogP contribution in [-0.4, -0.2) is 11.6 Å². The maximum Gasteiger partial charge on any atom is 0.194 e. The number of hydrogen-bond acceptors (Lipinski definition) is 3. The molecule has 0 atom stereocenters. The quantitative estimate of drug-likeness (QED) is 0.644. The van der Waals surface area contributed by atoms with Gasteiger partial charge in [-0.15, -0.1) is 0 Å². The van der Waals surface area contributed by atoms with Crippen molar-refractivity contribution in [1.29, 1.82) is 0 Å². The first kappa shape index (κ1) is 13.7. The van der Waals surface area contributed by atoms with Crippen LogP contribution >= 0.6 is 0 Å². The third kappa shape index (κ3) is 1.90. The Kier molecular flexibility index (Phi) is 2.85. The van der Waals surface area contributed by atoms with Gasteiger partial charge in [0.25, 0.3) is 0 Å². The van der Waals surface area contributed by atoms with Gasteiger partial charge >= 0.3 is 0 Å². The molecular formula is C20H15NO2. The zero-order valence-corrected chi connectivity index (χ0v) is 12.7. The van der Waals surface area contributed by atoms with Gasteiger partial charge in [0.05, 0.1) is 0 Å². The van der Waals surface area contributed by atoms with Gasteiger partial charge < -0.3 is 5.73 Å². The van der Waals surface area contributed by atoms with Crippen LogP contribution < -0.4 is 5.73 Å². The molecule has 112 valence electrons. The lowest BCUT2D eigenvalue weighted by Crippen LogP contribution is -2.08. The SMILES string of the molecule is Cc1ccc2c3c(ccc2c1N)C(=O)Cc1ccccc1C3=O. The van der Waals surface area contributed by atoms with E-state index in [-0.39, 0.29) is 18.0 Å². The Morgan fingerprint density at radius 2 is 1.61 bits per heavy atom. The van der Waals surface area contributed by atoms with Gasteiger partial charge in [-0.1, -0.05) is 42.5 Å². The second kappa shape index (κ2) is 4.78. The minimum absolute atomic E-state index is 0.0284. The first-order chi connectivity index (χ1) is 11.1. The van der Waals surface area contributed by atoms with Gasteiger partial charge in [-0.05, 0) is 29.5 Å². The normalized spacial score (nSPS) is 13.6. The van der Waals surface area contributed by atoms with Gasteiger partial charge in [0, 0.05) is 34.2 Å². The van der Waals surface area contributed by atoms with Crippen LogP contribution in [0.3, 0.4) is 0 Å². The highest BCUT2D eigenvalue weighted by Gasteiger charge is 2.27. The number of aryl methyl sites for hydroxylation is 1. The number of anilines is 1. The highest BCUT2D eigenvalue weighted by molar-refractivity contribution is 6.25. The Morgan fingerprint density at radius 1 is 0.870 bits per heavy atom. The predicted octanol–water partition coefficient (Wildman–Crippen LogP) is 3.70. The standard InChI is InChI=1S/C20H15NO2/c1-11-6-7-14-15(19(11)21)8-9-16-17(22)10-12-4-2-3-5-13(12)20(23)18(14)16/h2-9H,10,21H2,1H3. The second-order valence-electron chi connectivity index (χ2n) is 5.97. The van der Waals surface area contributed by atoms with Crippen LogP contribution in [0.25, 0.3) is 10.8 Å². The molecule has 23 heavy (non-hydrogen) atoms. The maximum absolute atomic E-state index is 13.1. The molecule has 0 aliphatic heterocycles. The van der Waals surface area contributed by atoms with Crippen molar-refractivity contribution in [2.75, 3.05) is 5.73 Å². The van der Waals surface area contributed by atoms with E-state index in [1.807, 2.05) is 43.3 Å². The number of ketones is 2. The van der Waals surface area contributed by atoms with Crippen molar-refractivity contribution in [2.24, 2.45) is 0 Å². The molecule has 0 radical (unpaired) electrons. The van der Waals surface area contributed by atoms with Gasteiger partial charge in [-0.2, -0.15) is 0 Å². The zero-order valence-electron chi connectivity index (χ0n) is 12.7. The molecule has 0 heterocycles. The van der Waals surface area contributed by atoms with Gasteiger partial charge in [0.1, 0.15) is 0 Å². The molecule has 1 aliphatic rings. The van der Waals surface area contributed by atoms with Crippen molar-refractivity contribution in [1.82, 2.24) is 0 Å². The number of Topliss-reactive ketones (excluding diaryl/α,β-unsaturated/α-hetero) is 1. The lowest BCUT2D eigenvalue weighted by Gasteiger charge is -2.12. The van der Waals surface area contributed by atoms with E-state index in [0.717, 1.165) is 21.9 Å². The zero-order chi connectivity index (χ0) is 16.1. The first-order valence-corrected chi connectivity index (χ1v) is 7.55. The van der Waals surface area contributed by atoms with Crippen molar-refractivity contribution in [3.63, 3.8) is 0 Å². The molecule has 0 aromatic heterocycles. The number of fused-ring (bicyclic) bond motifs is 4. The van der Waals surface area contributed by atoms with E-state index in [2.05, 4.69) is 0 Å². The van der Waals surface area contributed by atoms with E-state index in [4.69, 9.17) is 5.73 Å². The first-order valence-electron chi connectivity index (χ1n) is 7.55. The van der Waals surface area contributed by atoms with Crippen LogP contribution in [0.5, 0.6) is 0 Å². The minimum Gasteiger partial charge on any atom is -0.398 e. The molecule has 0 spiro atoms. The highest BCUT2D eigenvalue weighted by Crippen LogP contribution is 2.33. The fourth-order valence-electron chi connectivity index (χ4n) is 3.31. The molecule has 0 fully saturated rings. The summed E-state index contributed by atoms with van der Waals surface area (Å²) in [6, 6.07) is 14.7. The summed E-state index contributed by atoms with van der Waals surface area (Å²) in [6.07, 6.45) is 0.252. The largest absolute Gasteiger partial charge is 0.398 e. The third-order valence-electron chi connectivity index (χ3n) is 4.60. The minimum atomic E-state index is -0.102. The van der Waals surface area contributed by atoms with E-state index >= 15 is 0 Å². The van der Waals surface area contributed by atoms with E-state index in [9.17, 15) is 9.59 Å². The Labute approximate surface area is 133 Å². The number of hydrogen-bond donors (Lipinski definition) is 1. The molecule has 0 amide bonds. The van der Waals surface area contributed by atoms with E-state index in [0.29, 0.717) is 22.4 Å². The monoisotopic (exact) mass is 301 g/mol. The van der Waals surface area contributed by atoms with Crippen LogP contribution in [-0.2, 0) is 6.42 Å². The molecule has 0 unspecified atom stereocenters. The van der Waals surface area contributed by atoms with Crippen molar-refractivity contribution < 1.29 is 9.59 Å². The second-order valence-corrected chi connectivity index (χ2v) is 5.97. The van der Waals surface area contributed by atoms with Gasteiger partial charge in [-0.25, -0.2) is 0 Å². The van der Waals surface area contributed by atoms with E-state index < -0.39 is 0 Å². The molecule has 3 nitrogen and oxygen atoms in total. The van der Waals surface area contributed by atoms with Crippen molar-refractivity contribution in [2.45, 2.75) is 13.3 Å². The number of carbonyl (C=O) groups is 2. The van der Waals surface area contributed by atoms with Crippen molar-refractivity contribution in [3.8, 4) is 0 Å². The van der Waals surface area contributed by atoms with Gasteiger partial charge in [-0.3, -0.25) is 9.59 Å². The van der Waals surface area contributed by atoms with Crippen LogP contribution in [0.4, 0.5) is 5.69 Å². The number of benzene rings is 3. The van der Waals surface area contributed by atoms with Crippen LogP contribution in [0.1, 0.15) is 37.4 Å². The summed E-state index contributed by atoms with van der Waals surface area (Å²) in [6.45, 7) is 1.93.